The fourth-order valence-electron chi connectivity index (χ4n) is 4.25. The minimum absolute atomic E-state index is 0.0539. The Morgan fingerprint density at radius 2 is 1.96 bits per heavy atom. The molecule has 1 fully saturated rings. The van der Waals surface area contributed by atoms with Crippen molar-refractivity contribution in [3.05, 3.63) is 83.7 Å². The van der Waals surface area contributed by atoms with Crippen molar-refractivity contribution in [2.75, 3.05) is 13.2 Å². The maximum atomic E-state index is 13.5. The maximum Gasteiger partial charge on any atom is 0.252 e. The van der Waals surface area contributed by atoms with Crippen LogP contribution in [0.25, 0.3) is 0 Å². The van der Waals surface area contributed by atoms with Crippen molar-refractivity contribution in [2.45, 2.75) is 31.0 Å². The number of halogens is 1. The van der Waals surface area contributed by atoms with Crippen molar-refractivity contribution in [2.24, 2.45) is 11.7 Å². The zero-order valence-corrected chi connectivity index (χ0v) is 15.8. The largest absolute Gasteiger partial charge is 0.368 e. The quantitative estimate of drug-likeness (QED) is 0.832. The first kappa shape index (κ1) is 18.8. The Morgan fingerprint density at radius 3 is 2.68 bits per heavy atom. The highest BCUT2D eigenvalue weighted by atomic mass is 19.1. The number of amides is 1. The number of rotatable bonds is 3. The van der Waals surface area contributed by atoms with E-state index in [1.165, 1.54) is 17.7 Å². The van der Waals surface area contributed by atoms with Gasteiger partial charge in [-0.2, -0.15) is 0 Å². The Balaban J connectivity index is 1.66. The number of carbonyl (C=O) groups excluding carboxylic acids is 1. The van der Waals surface area contributed by atoms with Gasteiger partial charge >= 0.3 is 0 Å². The smallest absolute Gasteiger partial charge is 0.252 e. The molecule has 2 aromatic rings. The van der Waals surface area contributed by atoms with Crippen LogP contribution in [0.1, 0.15) is 29.2 Å². The van der Waals surface area contributed by atoms with Crippen LogP contribution in [0.2, 0.25) is 0 Å². The SMILES string of the molecule is C=C[C@@H]1CO[C@@H](C(=O)N2CCc3ccccc3[C@@H]2c2ccc(F)cc2)C[C@@H]1N. The summed E-state index contributed by atoms with van der Waals surface area (Å²) >= 11 is 0. The summed E-state index contributed by atoms with van der Waals surface area (Å²) in [5.74, 6) is -0.274. The second kappa shape index (κ2) is 7.86. The van der Waals surface area contributed by atoms with Crippen molar-refractivity contribution in [1.29, 1.82) is 0 Å². The third-order valence-electron chi connectivity index (χ3n) is 5.86. The van der Waals surface area contributed by atoms with Gasteiger partial charge in [0.1, 0.15) is 11.9 Å². The average Bonchev–Trinajstić information content (AvgIpc) is 2.73. The second-order valence-corrected chi connectivity index (χ2v) is 7.56. The lowest BCUT2D eigenvalue weighted by molar-refractivity contribution is -0.150. The topological polar surface area (TPSA) is 55.6 Å². The molecule has 4 nitrogen and oxygen atoms in total. The number of hydrogen-bond acceptors (Lipinski definition) is 3. The molecule has 0 bridgehead atoms. The van der Waals surface area contributed by atoms with Crippen molar-refractivity contribution in [3.63, 3.8) is 0 Å². The molecule has 4 rings (SSSR count). The van der Waals surface area contributed by atoms with Gasteiger partial charge in [0.25, 0.3) is 5.91 Å². The third-order valence-corrected chi connectivity index (χ3v) is 5.86. The zero-order chi connectivity index (χ0) is 19.7. The summed E-state index contributed by atoms with van der Waals surface area (Å²) in [7, 11) is 0. The number of hydrogen-bond donors (Lipinski definition) is 1. The van der Waals surface area contributed by atoms with Crippen LogP contribution in [0, 0.1) is 11.7 Å². The van der Waals surface area contributed by atoms with E-state index in [2.05, 4.69) is 12.6 Å². The number of fused-ring (bicyclic) bond motifs is 1. The first-order chi connectivity index (χ1) is 13.6. The molecule has 2 heterocycles. The predicted octanol–water partition coefficient (Wildman–Crippen LogP) is 3.22. The Kier molecular flexibility index (Phi) is 5.29. The average molecular weight is 380 g/mol. The van der Waals surface area contributed by atoms with Gasteiger partial charge in [0.15, 0.2) is 0 Å². The van der Waals surface area contributed by atoms with Gasteiger partial charge in [0, 0.05) is 18.5 Å². The molecule has 0 aromatic heterocycles. The fourth-order valence-corrected chi connectivity index (χ4v) is 4.25. The Morgan fingerprint density at radius 1 is 1.21 bits per heavy atom. The van der Waals surface area contributed by atoms with Gasteiger partial charge in [-0.15, -0.1) is 6.58 Å². The lowest BCUT2D eigenvalue weighted by Crippen LogP contribution is -2.51. The number of carbonyl (C=O) groups is 1. The number of nitrogens with two attached hydrogens (primary N) is 1. The van der Waals surface area contributed by atoms with Crippen LogP contribution < -0.4 is 5.73 Å². The van der Waals surface area contributed by atoms with Crippen LogP contribution >= 0.6 is 0 Å². The van der Waals surface area contributed by atoms with Crippen molar-refractivity contribution < 1.29 is 13.9 Å². The van der Waals surface area contributed by atoms with E-state index in [0.29, 0.717) is 19.6 Å². The molecule has 28 heavy (non-hydrogen) atoms. The molecule has 5 heteroatoms. The van der Waals surface area contributed by atoms with E-state index in [4.69, 9.17) is 10.5 Å². The van der Waals surface area contributed by atoms with Crippen LogP contribution in [0.4, 0.5) is 4.39 Å². The molecule has 146 valence electrons. The van der Waals surface area contributed by atoms with Crippen LogP contribution in [0.5, 0.6) is 0 Å². The van der Waals surface area contributed by atoms with E-state index in [-0.39, 0.29) is 29.7 Å². The highest BCUT2D eigenvalue weighted by Gasteiger charge is 2.38. The van der Waals surface area contributed by atoms with E-state index in [1.54, 1.807) is 18.2 Å². The lowest BCUT2D eigenvalue weighted by atomic mass is 9.87. The molecule has 4 atom stereocenters. The summed E-state index contributed by atoms with van der Waals surface area (Å²) in [6, 6.07) is 14.1. The summed E-state index contributed by atoms with van der Waals surface area (Å²) < 4.78 is 19.3. The van der Waals surface area contributed by atoms with Crippen molar-refractivity contribution in [3.8, 4) is 0 Å². The minimum atomic E-state index is -0.556. The second-order valence-electron chi connectivity index (χ2n) is 7.56. The van der Waals surface area contributed by atoms with E-state index in [9.17, 15) is 9.18 Å². The standard InChI is InChI=1S/C23H25FN2O2/c1-2-15-14-28-21(13-20(15)25)23(27)26-12-11-16-5-3-4-6-19(16)22(26)17-7-9-18(24)10-8-17/h2-10,15,20-22H,1,11-14,25H2/t15-,20+,21-,22+/m1/s1. The van der Waals surface area contributed by atoms with Gasteiger partial charge < -0.3 is 15.4 Å². The van der Waals surface area contributed by atoms with Crippen molar-refractivity contribution >= 4 is 5.91 Å². The fraction of sp³-hybridized carbons (Fsp3) is 0.348. The van der Waals surface area contributed by atoms with Crippen LogP contribution in [-0.4, -0.2) is 36.1 Å². The minimum Gasteiger partial charge on any atom is -0.368 e. The molecular formula is C23H25FN2O2. The molecule has 1 amide bonds. The maximum absolute atomic E-state index is 13.5. The third kappa shape index (κ3) is 3.48. The molecule has 0 radical (unpaired) electrons. The molecule has 2 N–H and O–H groups in total. The summed E-state index contributed by atoms with van der Waals surface area (Å²) in [5, 5.41) is 0. The first-order valence-corrected chi connectivity index (χ1v) is 9.72. The molecule has 2 aromatic carbocycles. The highest BCUT2D eigenvalue weighted by Crippen LogP contribution is 2.36. The molecular weight excluding hydrogens is 355 g/mol. The number of nitrogens with zero attached hydrogens (tertiary/aromatic N) is 1. The predicted molar refractivity (Wildman–Crippen MR) is 106 cm³/mol. The van der Waals surface area contributed by atoms with Gasteiger partial charge in [-0.25, -0.2) is 4.39 Å². The number of benzene rings is 2. The lowest BCUT2D eigenvalue weighted by Gasteiger charge is -2.41. The van der Waals surface area contributed by atoms with Crippen molar-refractivity contribution in [1.82, 2.24) is 4.90 Å². The summed E-state index contributed by atoms with van der Waals surface area (Å²) in [4.78, 5) is 15.3. The van der Waals surface area contributed by atoms with E-state index in [1.807, 2.05) is 23.1 Å². The molecule has 0 saturated carbocycles. The van der Waals surface area contributed by atoms with Crippen LogP contribution in [0.3, 0.4) is 0 Å². The zero-order valence-electron chi connectivity index (χ0n) is 15.8. The summed E-state index contributed by atoms with van der Waals surface area (Å²) in [6.07, 6.45) is 2.50. The normalized spacial score (nSPS) is 27.1. The monoisotopic (exact) mass is 380 g/mol. The van der Waals surface area contributed by atoms with E-state index in [0.717, 1.165) is 17.5 Å². The van der Waals surface area contributed by atoms with Gasteiger partial charge in [0.05, 0.1) is 12.6 Å². The van der Waals surface area contributed by atoms with E-state index >= 15 is 0 Å². The van der Waals surface area contributed by atoms with E-state index < -0.39 is 6.10 Å². The summed E-state index contributed by atoms with van der Waals surface area (Å²) in [6.45, 7) is 4.80. The Labute approximate surface area is 164 Å². The Hall–Kier alpha value is -2.50. The molecule has 0 spiro atoms. The van der Waals surface area contributed by atoms with Crippen LogP contribution in [-0.2, 0) is 16.0 Å². The van der Waals surface area contributed by atoms with Gasteiger partial charge in [-0.3, -0.25) is 4.79 Å². The first-order valence-electron chi connectivity index (χ1n) is 9.72. The Bertz CT molecular complexity index is 867. The number of ether oxygens (including phenoxy) is 1. The van der Waals surface area contributed by atoms with Gasteiger partial charge in [-0.1, -0.05) is 42.5 Å². The van der Waals surface area contributed by atoms with Gasteiger partial charge in [0.2, 0.25) is 0 Å². The molecule has 2 aliphatic heterocycles. The molecule has 2 aliphatic rings. The highest BCUT2D eigenvalue weighted by molar-refractivity contribution is 5.82. The van der Waals surface area contributed by atoms with Crippen LogP contribution in [0.15, 0.2) is 61.2 Å². The molecule has 0 unspecified atom stereocenters. The summed E-state index contributed by atoms with van der Waals surface area (Å²) in [5.41, 5.74) is 9.41. The molecule has 0 aliphatic carbocycles. The van der Waals surface area contributed by atoms with Gasteiger partial charge in [-0.05, 0) is 41.7 Å². The molecule has 1 saturated heterocycles.